The SMILES string of the molecule is CN1CCN(C(=O)c2cc(Br)cnc2Cl)C(C)(C)C1=O. The van der Waals surface area contributed by atoms with Gasteiger partial charge in [0.1, 0.15) is 10.7 Å². The smallest absolute Gasteiger partial charge is 0.257 e. The molecule has 0 atom stereocenters. The largest absolute Gasteiger partial charge is 0.342 e. The molecular weight excluding hydrogens is 346 g/mol. The van der Waals surface area contributed by atoms with Crippen molar-refractivity contribution >= 4 is 39.3 Å². The van der Waals surface area contributed by atoms with Crippen molar-refractivity contribution in [3.63, 3.8) is 0 Å². The monoisotopic (exact) mass is 359 g/mol. The van der Waals surface area contributed by atoms with Crippen molar-refractivity contribution in [2.45, 2.75) is 19.4 Å². The number of amides is 2. The number of nitrogens with zero attached hydrogens (tertiary/aromatic N) is 3. The Labute approximate surface area is 131 Å². The molecule has 0 aliphatic carbocycles. The third kappa shape index (κ3) is 2.54. The van der Waals surface area contributed by atoms with Crippen LogP contribution in [0.2, 0.25) is 5.15 Å². The summed E-state index contributed by atoms with van der Waals surface area (Å²) in [5.74, 6) is -0.369. The van der Waals surface area contributed by atoms with Gasteiger partial charge >= 0.3 is 0 Å². The molecule has 0 aromatic carbocycles. The van der Waals surface area contributed by atoms with E-state index in [9.17, 15) is 9.59 Å². The number of carbonyl (C=O) groups is 2. The first kappa shape index (κ1) is 15.3. The van der Waals surface area contributed by atoms with Gasteiger partial charge in [-0.1, -0.05) is 11.6 Å². The van der Waals surface area contributed by atoms with Crippen LogP contribution < -0.4 is 0 Å². The van der Waals surface area contributed by atoms with Crippen LogP contribution in [0.4, 0.5) is 0 Å². The van der Waals surface area contributed by atoms with Crippen molar-refractivity contribution in [3.8, 4) is 0 Å². The lowest BCUT2D eigenvalue weighted by Crippen LogP contribution is -2.63. The van der Waals surface area contributed by atoms with E-state index in [1.165, 1.54) is 6.20 Å². The summed E-state index contributed by atoms with van der Waals surface area (Å²) in [4.78, 5) is 32.0. The Hall–Kier alpha value is -1.14. The Kier molecular flexibility index (Phi) is 4.07. The quantitative estimate of drug-likeness (QED) is 0.721. The number of likely N-dealkylation sites (N-methyl/N-ethyl adjacent to an activating group) is 1. The molecule has 0 radical (unpaired) electrons. The van der Waals surface area contributed by atoms with Gasteiger partial charge in [0.2, 0.25) is 5.91 Å². The zero-order valence-corrected chi connectivity index (χ0v) is 13.8. The molecule has 1 saturated heterocycles. The molecular formula is C13H15BrClN3O2. The van der Waals surface area contributed by atoms with Crippen LogP contribution in [0.25, 0.3) is 0 Å². The normalized spacial score (nSPS) is 18.4. The van der Waals surface area contributed by atoms with Gasteiger partial charge in [0, 0.05) is 30.8 Å². The molecule has 5 nitrogen and oxygen atoms in total. The highest BCUT2D eigenvalue weighted by atomic mass is 79.9. The number of pyridine rings is 1. The Morgan fingerprint density at radius 3 is 2.75 bits per heavy atom. The van der Waals surface area contributed by atoms with Gasteiger partial charge < -0.3 is 9.80 Å². The summed E-state index contributed by atoms with van der Waals surface area (Å²) in [6.07, 6.45) is 1.53. The topological polar surface area (TPSA) is 53.5 Å². The number of carbonyl (C=O) groups excluding carboxylic acids is 2. The lowest BCUT2D eigenvalue weighted by atomic mass is 9.97. The van der Waals surface area contributed by atoms with Crippen LogP contribution in [-0.4, -0.2) is 52.3 Å². The predicted octanol–water partition coefficient (Wildman–Crippen LogP) is 2.19. The fourth-order valence-electron chi connectivity index (χ4n) is 2.29. The zero-order valence-electron chi connectivity index (χ0n) is 11.5. The maximum atomic E-state index is 12.7. The number of hydrogen-bond acceptors (Lipinski definition) is 3. The molecule has 1 aliphatic heterocycles. The fourth-order valence-corrected chi connectivity index (χ4v) is 2.80. The second-order valence-electron chi connectivity index (χ2n) is 5.23. The lowest BCUT2D eigenvalue weighted by molar-refractivity contribution is -0.144. The van der Waals surface area contributed by atoms with E-state index >= 15 is 0 Å². The van der Waals surface area contributed by atoms with E-state index in [0.717, 1.165) is 0 Å². The average Bonchev–Trinajstić information content (AvgIpc) is 2.38. The molecule has 1 aliphatic rings. The van der Waals surface area contributed by atoms with Crippen LogP contribution in [0.5, 0.6) is 0 Å². The second-order valence-corrected chi connectivity index (χ2v) is 6.51. The highest BCUT2D eigenvalue weighted by Crippen LogP contribution is 2.27. The minimum atomic E-state index is -0.893. The summed E-state index contributed by atoms with van der Waals surface area (Å²) in [5.41, 5.74) is -0.595. The molecule has 20 heavy (non-hydrogen) atoms. The van der Waals surface area contributed by atoms with Crippen molar-refractivity contribution in [3.05, 3.63) is 27.5 Å². The van der Waals surface area contributed by atoms with Gasteiger partial charge in [0.05, 0.1) is 5.56 Å². The van der Waals surface area contributed by atoms with Gasteiger partial charge in [-0.15, -0.1) is 0 Å². The summed E-state index contributed by atoms with van der Waals surface area (Å²) in [5, 5.41) is 0.139. The van der Waals surface area contributed by atoms with E-state index < -0.39 is 5.54 Å². The summed E-state index contributed by atoms with van der Waals surface area (Å²) < 4.78 is 0.670. The van der Waals surface area contributed by atoms with Gasteiger partial charge in [-0.25, -0.2) is 4.98 Å². The van der Waals surface area contributed by atoms with Crippen molar-refractivity contribution < 1.29 is 9.59 Å². The van der Waals surface area contributed by atoms with Gasteiger partial charge in [0.25, 0.3) is 5.91 Å². The standard InChI is InChI=1S/C13H15BrClN3O2/c1-13(2)12(20)17(3)4-5-18(13)11(19)9-6-8(14)7-16-10(9)15/h6-7H,4-5H2,1-3H3. The molecule has 108 valence electrons. The molecule has 2 rings (SSSR count). The lowest BCUT2D eigenvalue weighted by Gasteiger charge is -2.44. The van der Waals surface area contributed by atoms with Crippen LogP contribution in [0, 0.1) is 0 Å². The maximum absolute atomic E-state index is 12.7. The summed E-state index contributed by atoms with van der Waals surface area (Å²) in [6, 6.07) is 1.62. The zero-order chi connectivity index (χ0) is 15.1. The first-order valence-electron chi connectivity index (χ1n) is 6.13. The third-order valence-electron chi connectivity index (χ3n) is 3.49. The van der Waals surface area contributed by atoms with E-state index in [2.05, 4.69) is 20.9 Å². The van der Waals surface area contributed by atoms with Gasteiger partial charge in [-0.3, -0.25) is 9.59 Å². The molecule has 2 amide bonds. The Morgan fingerprint density at radius 2 is 2.10 bits per heavy atom. The van der Waals surface area contributed by atoms with Crippen LogP contribution >= 0.6 is 27.5 Å². The minimum absolute atomic E-state index is 0.0869. The highest BCUT2D eigenvalue weighted by molar-refractivity contribution is 9.10. The van der Waals surface area contributed by atoms with E-state index in [0.29, 0.717) is 23.1 Å². The van der Waals surface area contributed by atoms with E-state index in [4.69, 9.17) is 11.6 Å². The summed E-state index contributed by atoms with van der Waals surface area (Å²) >= 11 is 9.27. The third-order valence-corrected chi connectivity index (χ3v) is 4.22. The second kappa shape index (κ2) is 5.33. The highest BCUT2D eigenvalue weighted by Gasteiger charge is 2.43. The molecule has 1 fully saturated rings. The van der Waals surface area contributed by atoms with Crippen molar-refractivity contribution in [1.82, 2.24) is 14.8 Å². The molecule has 0 bridgehead atoms. The number of halogens is 2. The number of aromatic nitrogens is 1. The van der Waals surface area contributed by atoms with Crippen molar-refractivity contribution in [2.75, 3.05) is 20.1 Å². The van der Waals surface area contributed by atoms with Crippen LogP contribution in [-0.2, 0) is 4.79 Å². The Morgan fingerprint density at radius 1 is 1.45 bits per heavy atom. The average molecular weight is 361 g/mol. The summed E-state index contributed by atoms with van der Waals surface area (Å²) in [7, 11) is 1.74. The molecule has 7 heteroatoms. The van der Waals surface area contributed by atoms with Crippen LogP contribution in [0.3, 0.4) is 0 Å². The first-order valence-corrected chi connectivity index (χ1v) is 7.31. The molecule has 1 aromatic heterocycles. The van der Waals surface area contributed by atoms with Crippen molar-refractivity contribution in [2.24, 2.45) is 0 Å². The number of piperazine rings is 1. The predicted molar refractivity (Wildman–Crippen MR) is 79.7 cm³/mol. The van der Waals surface area contributed by atoms with Gasteiger partial charge in [0.15, 0.2) is 0 Å². The van der Waals surface area contributed by atoms with Crippen LogP contribution in [0.15, 0.2) is 16.7 Å². The molecule has 2 heterocycles. The van der Waals surface area contributed by atoms with E-state index in [-0.39, 0.29) is 17.0 Å². The molecule has 1 aromatic rings. The number of hydrogen-bond donors (Lipinski definition) is 0. The van der Waals surface area contributed by atoms with Gasteiger partial charge in [-0.2, -0.15) is 0 Å². The molecule has 0 unspecified atom stereocenters. The van der Waals surface area contributed by atoms with Crippen molar-refractivity contribution in [1.29, 1.82) is 0 Å². The van der Waals surface area contributed by atoms with E-state index in [1.807, 2.05) is 0 Å². The fraction of sp³-hybridized carbons (Fsp3) is 0.462. The first-order chi connectivity index (χ1) is 9.25. The van der Waals surface area contributed by atoms with E-state index in [1.54, 1.807) is 36.8 Å². The Bertz CT molecular complexity index is 577. The summed E-state index contributed by atoms with van der Waals surface area (Å²) in [6.45, 7) is 4.45. The van der Waals surface area contributed by atoms with Crippen LogP contribution in [0.1, 0.15) is 24.2 Å². The number of rotatable bonds is 1. The van der Waals surface area contributed by atoms with Gasteiger partial charge in [-0.05, 0) is 35.8 Å². The maximum Gasteiger partial charge on any atom is 0.257 e. The molecule has 0 N–H and O–H groups in total. The molecule has 0 spiro atoms. The Balaban J connectivity index is 2.38. The minimum Gasteiger partial charge on any atom is -0.342 e. The molecule has 0 saturated carbocycles.